The van der Waals surface area contributed by atoms with Crippen molar-refractivity contribution in [3.63, 3.8) is 0 Å². The first-order valence-electron chi connectivity index (χ1n) is 9.67. The van der Waals surface area contributed by atoms with E-state index in [1.54, 1.807) is 18.2 Å². The maximum absolute atomic E-state index is 11.5. The van der Waals surface area contributed by atoms with E-state index in [0.717, 1.165) is 5.56 Å². The van der Waals surface area contributed by atoms with Gasteiger partial charge in [-0.15, -0.1) is 0 Å². The Balaban J connectivity index is 1.84. The Morgan fingerprint density at radius 3 is 2.10 bits per heavy atom. The lowest BCUT2D eigenvalue weighted by Crippen LogP contribution is -2.24. The Morgan fingerprint density at radius 2 is 1.52 bits per heavy atom. The SMILES string of the molecule is CC(C)(C)OC(=O)CCOCCOCCOCCOCC#Cc1cccc(O)c1. The lowest BCUT2D eigenvalue weighted by atomic mass is 10.2. The minimum Gasteiger partial charge on any atom is -0.508 e. The van der Waals surface area contributed by atoms with Gasteiger partial charge >= 0.3 is 5.97 Å². The van der Waals surface area contributed by atoms with Crippen LogP contribution in [0.4, 0.5) is 0 Å². The minimum atomic E-state index is -0.467. The molecule has 0 spiro atoms. The molecule has 1 rings (SSSR count). The van der Waals surface area contributed by atoms with Crippen molar-refractivity contribution in [2.45, 2.75) is 32.8 Å². The molecule has 162 valence electrons. The highest BCUT2D eigenvalue weighted by atomic mass is 16.6. The van der Waals surface area contributed by atoms with Crippen LogP contribution in [0.2, 0.25) is 0 Å². The van der Waals surface area contributed by atoms with Gasteiger partial charge in [0.2, 0.25) is 0 Å². The number of phenols is 1. The van der Waals surface area contributed by atoms with E-state index in [1.807, 2.05) is 26.8 Å². The van der Waals surface area contributed by atoms with Gasteiger partial charge in [-0.05, 0) is 39.0 Å². The van der Waals surface area contributed by atoms with Gasteiger partial charge in [-0.25, -0.2) is 0 Å². The molecule has 0 bridgehead atoms. The quantitative estimate of drug-likeness (QED) is 0.305. The van der Waals surface area contributed by atoms with Gasteiger partial charge in [-0.2, -0.15) is 0 Å². The van der Waals surface area contributed by atoms with Crippen molar-refractivity contribution in [3.05, 3.63) is 29.8 Å². The number of phenolic OH excluding ortho intramolecular Hbond substituents is 1. The van der Waals surface area contributed by atoms with Crippen LogP contribution in [0.5, 0.6) is 5.75 Å². The average Bonchev–Trinajstić information content (AvgIpc) is 2.63. The molecule has 0 aliphatic heterocycles. The Hall–Kier alpha value is -2.11. The summed E-state index contributed by atoms with van der Waals surface area (Å²) in [5.41, 5.74) is 0.280. The van der Waals surface area contributed by atoms with E-state index in [1.165, 1.54) is 0 Å². The molecule has 0 atom stereocenters. The van der Waals surface area contributed by atoms with E-state index in [4.69, 9.17) is 23.7 Å². The summed E-state index contributed by atoms with van der Waals surface area (Å²) in [4.78, 5) is 11.5. The fraction of sp³-hybridized carbons (Fsp3) is 0.591. The zero-order valence-corrected chi connectivity index (χ0v) is 17.6. The molecule has 0 heterocycles. The highest BCUT2D eigenvalue weighted by Gasteiger charge is 2.15. The fourth-order valence-electron chi connectivity index (χ4n) is 2.05. The van der Waals surface area contributed by atoms with Gasteiger partial charge in [-0.1, -0.05) is 17.9 Å². The van der Waals surface area contributed by atoms with Crippen molar-refractivity contribution in [1.29, 1.82) is 0 Å². The van der Waals surface area contributed by atoms with Crippen molar-refractivity contribution in [2.75, 3.05) is 52.9 Å². The standard InChI is InChI=1S/C22H32O7/c1-22(2,3)29-21(24)9-11-26-13-15-28-17-16-27-14-12-25-10-5-7-19-6-4-8-20(23)18-19/h4,6,8,18,23H,9-17H2,1-3H3. The molecule has 0 amide bonds. The van der Waals surface area contributed by atoms with Crippen molar-refractivity contribution in [1.82, 2.24) is 0 Å². The first kappa shape index (κ1) is 24.9. The summed E-state index contributed by atoms with van der Waals surface area (Å²) in [7, 11) is 0. The normalized spacial score (nSPS) is 11.0. The third-order valence-corrected chi connectivity index (χ3v) is 3.24. The monoisotopic (exact) mass is 408 g/mol. The summed E-state index contributed by atoms with van der Waals surface area (Å²) in [5.74, 6) is 5.71. The van der Waals surface area contributed by atoms with E-state index in [9.17, 15) is 9.90 Å². The van der Waals surface area contributed by atoms with Gasteiger partial charge in [0.25, 0.3) is 0 Å². The van der Waals surface area contributed by atoms with Crippen LogP contribution < -0.4 is 0 Å². The molecule has 29 heavy (non-hydrogen) atoms. The number of carbonyl (C=O) groups is 1. The van der Waals surface area contributed by atoms with Crippen molar-refractivity contribution < 1.29 is 33.6 Å². The van der Waals surface area contributed by atoms with Crippen LogP contribution in [0.3, 0.4) is 0 Å². The van der Waals surface area contributed by atoms with E-state index < -0.39 is 5.60 Å². The first-order chi connectivity index (χ1) is 13.9. The maximum atomic E-state index is 11.5. The number of carbonyl (C=O) groups excluding carboxylic acids is 1. The summed E-state index contributed by atoms with van der Waals surface area (Å²) in [6.07, 6.45) is 0.235. The van der Waals surface area contributed by atoms with Crippen LogP contribution >= 0.6 is 0 Å². The molecule has 0 aromatic heterocycles. The van der Waals surface area contributed by atoms with Gasteiger partial charge < -0.3 is 28.8 Å². The number of hydrogen-bond donors (Lipinski definition) is 1. The molecule has 1 aromatic rings. The molecule has 0 saturated carbocycles. The maximum Gasteiger partial charge on any atom is 0.308 e. The molecule has 1 aromatic carbocycles. The van der Waals surface area contributed by atoms with Crippen LogP contribution in [0.1, 0.15) is 32.8 Å². The molecular formula is C22H32O7. The smallest absolute Gasteiger partial charge is 0.308 e. The number of esters is 1. The summed E-state index contributed by atoms with van der Waals surface area (Å²) >= 11 is 0. The molecule has 0 radical (unpaired) electrons. The van der Waals surface area contributed by atoms with Crippen LogP contribution in [0.15, 0.2) is 24.3 Å². The topological polar surface area (TPSA) is 83.5 Å². The van der Waals surface area contributed by atoms with Crippen LogP contribution in [0.25, 0.3) is 0 Å². The summed E-state index contributed by atoms with van der Waals surface area (Å²) in [6, 6.07) is 6.76. The first-order valence-corrected chi connectivity index (χ1v) is 9.67. The summed E-state index contributed by atoms with van der Waals surface area (Å²) < 4.78 is 26.6. The predicted molar refractivity (Wildman–Crippen MR) is 109 cm³/mol. The molecule has 0 fully saturated rings. The van der Waals surface area contributed by atoms with E-state index in [-0.39, 0.29) is 18.1 Å². The molecule has 0 unspecified atom stereocenters. The highest BCUT2D eigenvalue weighted by Crippen LogP contribution is 2.09. The second-order valence-electron chi connectivity index (χ2n) is 7.08. The van der Waals surface area contributed by atoms with Crippen LogP contribution in [-0.2, 0) is 28.5 Å². The lowest BCUT2D eigenvalue weighted by molar-refractivity contribution is -0.156. The predicted octanol–water partition coefficient (Wildman–Crippen LogP) is 2.54. The van der Waals surface area contributed by atoms with Crippen molar-refractivity contribution in [3.8, 4) is 17.6 Å². The van der Waals surface area contributed by atoms with E-state index >= 15 is 0 Å². The van der Waals surface area contributed by atoms with Gasteiger partial charge in [0, 0.05) is 5.56 Å². The van der Waals surface area contributed by atoms with Crippen molar-refractivity contribution in [2.24, 2.45) is 0 Å². The van der Waals surface area contributed by atoms with Crippen LogP contribution in [-0.4, -0.2) is 69.5 Å². The Labute approximate surface area is 173 Å². The number of rotatable bonds is 13. The largest absolute Gasteiger partial charge is 0.508 e. The number of ether oxygens (including phenoxy) is 5. The molecular weight excluding hydrogens is 376 g/mol. The molecule has 0 aliphatic rings. The van der Waals surface area contributed by atoms with Crippen LogP contribution in [0, 0.1) is 11.8 Å². The minimum absolute atomic E-state index is 0.195. The fourth-order valence-corrected chi connectivity index (χ4v) is 2.05. The third kappa shape index (κ3) is 15.5. The van der Waals surface area contributed by atoms with Crippen molar-refractivity contribution >= 4 is 5.97 Å². The van der Waals surface area contributed by atoms with E-state index in [2.05, 4.69) is 11.8 Å². The molecule has 1 N–H and O–H groups in total. The number of hydrogen-bond acceptors (Lipinski definition) is 7. The summed E-state index contributed by atoms with van der Waals surface area (Å²) in [5, 5.41) is 9.33. The molecule has 0 saturated heterocycles. The molecule has 0 aliphatic carbocycles. The van der Waals surface area contributed by atoms with Gasteiger partial charge in [0.15, 0.2) is 0 Å². The average molecular weight is 408 g/mol. The molecule has 7 nitrogen and oxygen atoms in total. The van der Waals surface area contributed by atoms with Gasteiger partial charge in [0.1, 0.15) is 18.0 Å². The van der Waals surface area contributed by atoms with E-state index in [0.29, 0.717) is 52.9 Å². The molecule has 7 heteroatoms. The number of aromatic hydroxyl groups is 1. The van der Waals surface area contributed by atoms with Gasteiger partial charge in [-0.3, -0.25) is 4.79 Å². The lowest BCUT2D eigenvalue weighted by Gasteiger charge is -2.19. The third-order valence-electron chi connectivity index (χ3n) is 3.24. The zero-order valence-electron chi connectivity index (χ0n) is 17.6. The highest BCUT2D eigenvalue weighted by molar-refractivity contribution is 5.69. The Bertz CT molecular complexity index is 641. The number of benzene rings is 1. The Kier molecular flexibility index (Phi) is 12.7. The van der Waals surface area contributed by atoms with Gasteiger partial charge in [0.05, 0.1) is 52.7 Å². The second-order valence-corrected chi connectivity index (χ2v) is 7.08. The second kappa shape index (κ2) is 14.8. The summed E-state index contributed by atoms with van der Waals surface area (Å²) in [6.45, 7) is 8.83. The Morgan fingerprint density at radius 1 is 0.931 bits per heavy atom. The zero-order chi connectivity index (χ0) is 21.4.